The summed E-state index contributed by atoms with van der Waals surface area (Å²) in [6.45, 7) is 2.03. The summed E-state index contributed by atoms with van der Waals surface area (Å²) in [6.07, 6.45) is 0. The number of carbonyl (C=O) groups is 1. The minimum Gasteiger partial charge on any atom is -0.495 e. The molecular weight excluding hydrogens is 430 g/mol. The Labute approximate surface area is 181 Å². The molecule has 2 aromatic rings. The Hall–Kier alpha value is -2.33. The molecule has 8 nitrogen and oxygen atoms in total. The molecule has 10 heteroatoms. The molecule has 162 valence electrons. The number of anilines is 1. The Morgan fingerprint density at radius 1 is 1.00 bits per heavy atom. The van der Waals surface area contributed by atoms with Gasteiger partial charge >= 0.3 is 0 Å². The smallest absolute Gasteiger partial charge is 0.255 e. The SMILES string of the molecule is COc1ccc(NC(=O)c2ccc(OC)c(S(=O)(=O)N3CCN(C)CC3)c2)cc1Cl. The third-order valence-corrected chi connectivity index (χ3v) is 7.13. The van der Waals surface area contributed by atoms with Gasteiger partial charge in [-0.1, -0.05) is 11.6 Å². The van der Waals surface area contributed by atoms with E-state index in [9.17, 15) is 13.2 Å². The van der Waals surface area contributed by atoms with Crippen molar-refractivity contribution in [3.63, 3.8) is 0 Å². The first-order valence-corrected chi connectivity index (χ1v) is 11.1. The van der Waals surface area contributed by atoms with E-state index >= 15 is 0 Å². The molecule has 1 N–H and O–H groups in total. The lowest BCUT2D eigenvalue weighted by molar-refractivity contribution is 0.102. The standard InChI is InChI=1S/C20H24ClN3O5S/c1-23-8-10-24(11-9-23)30(26,27)19-12-14(4-6-18(19)29-3)20(25)22-15-5-7-17(28-2)16(21)13-15/h4-7,12-13H,8-11H2,1-3H3,(H,22,25). The summed E-state index contributed by atoms with van der Waals surface area (Å²) < 4.78 is 38.1. The quantitative estimate of drug-likeness (QED) is 0.723. The molecule has 0 unspecified atom stereocenters. The van der Waals surface area contributed by atoms with E-state index in [0.717, 1.165) is 0 Å². The summed E-state index contributed by atoms with van der Waals surface area (Å²) in [4.78, 5) is 14.8. The normalized spacial score (nSPS) is 15.6. The molecule has 1 saturated heterocycles. The largest absolute Gasteiger partial charge is 0.495 e. The van der Waals surface area contributed by atoms with Crippen LogP contribution in [0.3, 0.4) is 0 Å². The van der Waals surface area contributed by atoms with Gasteiger partial charge in [-0.15, -0.1) is 0 Å². The maximum Gasteiger partial charge on any atom is 0.255 e. The fraction of sp³-hybridized carbons (Fsp3) is 0.350. The van der Waals surface area contributed by atoms with Crippen LogP contribution in [0.1, 0.15) is 10.4 Å². The van der Waals surface area contributed by atoms with Crippen molar-refractivity contribution in [1.82, 2.24) is 9.21 Å². The first kappa shape index (κ1) is 22.4. The number of sulfonamides is 1. The molecule has 1 fully saturated rings. The molecule has 0 atom stereocenters. The van der Waals surface area contributed by atoms with E-state index in [1.54, 1.807) is 18.2 Å². The summed E-state index contributed by atoms with van der Waals surface area (Å²) in [6, 6.07) is 9.18. The van der Waals surface area contributed by atoms with Gasteiger partial charge in [0.1, 0.15) is 16.4 Å². The third-order valence-electron chi connectivity index (χ3n) is 4.92. The van der Waals surface area contributed by atoms with E-state index in [1.165, 1.54) is 36.7 Å². The molecule has 1 aliphatic heterocycles. The van der Waals surface area contributed by atoms with E-state index in [0.29, 0.717) is 42.6 Å². The highest BCUT2D eigenvalue weighted by Crippen LogP contribution is 2.30. The van der Waals surface area contributed by atoms with Crippen molar-refractivity contribution in [2.75, 3.05) is 52.8 Å². The minimum absolute atomic E-state index is 0.0324. The number of amides is 1. The number of carbonyl (C=O) groups excluding carboxylic acids is 1. The minimum atomic E-state index is -3.81. The van der Waals surface area contributed by atoms with Crippen LogP contribution in [0.5, 0.6) is 11.5 Å². The van der Waals surface area contributed by atoms with Gasteiger partial charge in [0.25, 0.3) is 5.91 Å². The van der Waals surface area contributed by atoms with Gasteiger partial charge in [-0.2, -0.15) is 4.31 Å². The van der Waals surface area contributed by atoms with Crippen LogP contribution in [0.15, 0.2) is 41.3 Å². The van der Waals surface area contributed by atoms with Crippen molar-refractivity contribution in [2.24, 2.45) is 0 Å². The predicted octanol–water partition coefficient (Wildman–Crippen LogP) is 2.55. The highest BCUT2D eigenvalue weighted by molar-refractivity contribution is 7.89. The summed E-state index contributed by atoms with van der Waals surface area (Å²) in [5.41, 5.74) is 0.653. The van der Waals surface area contributed by atoms with Crippen molar-refractivity contribution in [2.45, 2.75) is 4.90 Å². The average Bonchev–Trinajstić information content (AvgIpc) is 2.73. The molecule has 0 saturated carbocycles. The molecule has 3 rings (SSSR count). The molecule has 0 spiro atoms. The molecular formula is C20H24ClN3O5S. The Bertz CT molecular complexity index is 1040. The monoisotopic (exact) mass is 453 g/mol. The fourth-order valence-corrected chi connectivity index (χ4v) is 5.00. The molecule has 0 aliphatic carbocycles. The Balaban J connectivity index is 1.88. The van der Waals surface area contributed by atoms with Crippen LogP contribution < -0.4 is 14.8 Å². The zero-order valence-electron chi connectivity index (χ0n) is 17.0. The van der Waals surface area contributed by atoms with E-state index in [2.05, 4.69) is 10.2 Å². The zero-order chi connectivity index (χ0) is 21.9. The zero-order valence-corrected chi connectivity index (χ0v) is 18.6. The van der Waals surface area contributed by atoms with Crippen LogP contribution in [0.4, 0.5) is 5.69 Å². The lowest BCUT2D eigenvalue weighted by Crippen LogP contribution is -2.47. The number of hydrogen-bond donors (Lipinski definition) is 1. The van der Waals surface area contributed by atoms with Gasteiger partial charge in [-0.25, -0.2) is 8.42 Å². The van der Waals surface area contributed by atoms with Gasteiger partial charge in [0.05, 0.1) is 19.2 Å². The van der Waals surface area contributed by atoms with Crippen molar-refractivity contribution < 1.29 is 22.7 Å². The molecule has 0 bridgehead atoms. The maximum atomic E-state index is 13.2. The van der Waals surface area contributed by atoms with Crippen LogP contribution in [-0.2, 0) is 10.0 Å². The third kappa shape index (κ3) is 4.70. The van der Waals surface area contributed by atoms with Crippen LogP contribution in [0.25, 0.3) is 0 Å². The van der Waals surface area contributed by atoms with Crippen molar-refractivity contribution in [1.29, 1.82) is 0 Å². The number of halogens is 1. The van der Waals surface area contributed by atoms with Crippen LogP contribution in [0, 0.1) is 0 Å². The van der Waals surface area contributed by atoms with Gasteiger partial charge in [-0.3, -0.25) is 4.79 Å². The Morgan fingerprint density at radius 3 is 2.23 bits per heavy atom. The number of likely N-dealkylation sites (N-methyl/N-ethyl adjacent to an activating group) is 1. The fourth-order valence-electron chi connectivity index (χ4n) is 3.13. The van der Waals surface area contributed by atoms with Gasteiger partial charge in [0.15, 0.2) is 0 Å². The summed E-state index contributed by atoms with van der Waals surface area (Å²) in [5.74, 6) is 0.214. The lowest BCUT2D eigenvalue weighted by atomic mass is 10.2. The van der Waals surface area contributed by atoms with Gasteiger partial charge in [-0.05, 0) is 43.4 Å². The van der Waals surface area contributed by atoms with E-state index in [1.807, 2.05) is 7.05 Å². The van der Waals surface area contributed by atoms with E-state index in [-0.39, 0.29) is 16.2 Å². The van der Waals surface area contributed by atoms with Crippen LogP contribution >= 0.6 is 11.6 Å². The van der Waals surface area contributed by atoms with Crippen LogP contribution in [0.2, 0.25) is 5.02 Å². The first-order chi connectivity index (χ1) is 14.3. The number of hydrogen-bond acceptors (Lipinski definition) is 6. The molecule has 1 heterocycles. The number of piperazine rings is 1. The molecule has 1 amide bonds. The topological polar surface area (TPSA) is 88.2 Å². The second kappa shape index (κ2) is 9.22. The van der Waals surface area contributed by atoms with Gasteiger partial charge < -0.3 is 19.7 Å². The van der Waals surface area contributed by atoms with Crippen molar-refractivity contribution in [3.8, 4) is 11.5 Å². The number of rotatable bonds is 6. The average molecular weight is 454 g/mol. The van der Waals surface area contributed by atoms with Crippen molar-refractivity contribution >= 4 is 33.2 Å². The van der Waals surface area contributed by atoms with E-state index < -0.39 is 15.9 Å². The number of ether oxygens (including phenoxy) is 2. The highest BCUT2D eigenvalue weighted by Gasteiger charge is 2.30. The first-order valence-electron chi connectivity index (χ1n) is 9.28. The number of benzene rings is 2. The highest BCUT2D eigenvalue weighted by atomic mass is 35.5. The number of nitrogens with one attached hydrogen (secondary N) is 1. The molecule has 0 aromatic heterocycles. The molecule has 2 aromatic carbocycles. The van der Waals surface area contributed by atoms with E-state index in [4.69, 9.17) is 21.1 Å². The van der Waals surface area contributed by atoms with Crippen LogP contribution in [-0.4, -0.2) is 71.0 Å². The molecule has 1 aliphatic rings. The van der Waals surface area contributed by atoms with Crippen molar-refractivity contribution in [3.05, 3.63) is 47.0 Å². The maximum absolute atomic E-state index is 13.2. The Kier molecular flexibility index (Phi) is 6.87. The molecule has 30 heavy (non-hydrogen) atoms. The number of methoxy groups -OCH3 is 2. The second-order valence-electron chi connectivity index (χ2n) is 6.88. The Morgan fingerprint density at radius 2 is 1.63 bits per heavy atom. The van der Waals surface area contributed by atoms with Gasteiger partial charge in [0.2, 0.25) is 10.0 Å². The number of nitrogens with zero attached hydrogens (tertiary/aromatic N) is 2. The predicted molar refractivity (Wildman–Crippen MR) is 115 cm³/mol. The molecule has 0 radical (unpaired) electrons. The summed E-state index contributed by atoms with van der Waals surface area (Å²) in [7, 11) is 1.04. The summed E-state index contributed by atoms with van der Waals surface area (Å²) >= 11 is 6.10. The van der Waals surface area contributed by atoms with Gasteiger partial charge in [0, 0.05) is 37.4 Å². The second-order valence-corrected chi connectivity index (χ2v) is 9.19. The summed E-state index contributed by atoms with van der Waals surface area (Å²) in [5, 5.41) is 3.07. The lowest BCUT2D eigenvalue weighted by Gasteiger charge is -2.31.